The van der Waals surface area contributed by atoms with Gasteiger partial charge in [0.05, 0.1) is 6.61 Å². The van der Waals surface area contributed by atoms with Crippen LogP contribution < -0.4 is 5.73 Å². The molecule has 2 N–H and O–H groups in total. The van der Waals surface area contributed by atoms with E-state index in [1.165, 1.54) is 4.52 Å². The minimum Gasteiger partial charge on any atom is -0.462 e. The minimum atomic E-state index is -0.551. The van der Waals surface area contributed by atoms with Crippen LogP contribution in [0.2, 0.25) is 5.15 Å². The highest BCUT2D eigenvalue weighted by atomic mass is 35.5. The van der Waals surface area contributed by atoms with Crippen LogP contribution in [0.15, 0.2) is 12.3 Å². The SMILES string of the molecule is CCOC(=O)c1c(N)nn2ccc(Cl)nc12. The van der Waals surface area contributed by atoms with Crippen molar-refractivity contribution in [1.82, 2.24) is 14.6 Å². The molecule has 0 amide bonds. The van der Waals surface area contributed by atoms with Crippen LogP contribution in [0.25, 0.3) is 5.65 Å². The second-order valence-corrected chi connectivity index (χ2v) is 3.39. The van der Waals surface area contributed by atoms with E-state index >= 15 is 0 Å². The normalized spacial score (nSPS) is 10.6. The van der Waals surface area contributed by atoms with Gasteiger partial charge in [-0.05, 0) is 13.0 Å². The van der Waals surface area contributed by atoms with Gasteiger partial charge in [0.1, 0.15) is 10.7 Å². The fraction of sp³-hybridized carbons (Fsp3) is 0.222. The highest BCUT2D eigenvalue weighted by Crippen LogP contribution is 2.18. The summed E-state index contributed by atoms with van der Waals surface area (Å²) in [4.78, 5) is 15.6. The van der Waals surface area contributed by atoms with E-state index in [-0.39, 0.29) is 23.1 Å². The van der Waals surface area contributed by atoms with E-state index in [2.05, 4.69) is 10.1 Å². The number of hydrogen-bond donors (Lipinski definition) is 1. The molecule has 16 heavy (non-hydrogen) atoms. The molecule has 0 spiro atoms. The van der Waals surface area contributed by atoms with Gasteiger partial charge in [0.15, 0.2) is 11.5 Å². The summed E-state index contributed by atoms with van der Waals surface area (Å²) in [5, 5.41) is 4.19. The van der Waals surface area contributed by atoms with E-state index in [1.54, 1.807) is 19.2 Å². The number of ether oxygens (including phenoxy) is 1. The first kappa shape index (κ1) is 10.7. The molecule has 0 bridgehead atoms. The molecule has 2 aromatic heterocycles. The second-order valence-electron chi connectivity index (χ2n) is 3.00. The van der Waals surface area contributed by atoms with Crippen molar-refractivity contribution in [3.05, 3.63) is 23.0 Å². The maximum atomic E-state index is 11.6. The number of nitrogen functional groups attached to an aromatic ring is 1. The van der Waals surface area contributed by atoms with Gasteiger partial charge in [-0.25, -0.2) is 14.3 Å². The van der Waals surface area contributed by atoms with E-state index in [9.17, 15) is 4.79 Å². The van der Waals surface area contributed by atoms with Gasteiger partial charge in [0.25, 0.3) is 0 Å². The Bertz CT molecular complexity index is 552. The van der Waals surface area contributed by atoms with Gasteiger partial charge in [-0.1, -0.05) is 11.6 Å². The van der Waals surface area contributed by atoms with Crippen LogP contribution in [0.3, 0.4) is 0 Å². The molecule has 2 rings (SSSR count). The average Bonchev–Trinajstić information content (AvgIpc) is 2.53. The minimum absolute atomic E-state index is 0.0771. The number of carbonyl (C=O) groups is 1. The van der Waals surface area contributed by atoms with Crippen LogP contribution in [0.5, 0.6) is 0 Å². The fourth-order valence-corrected chi connectivity index (χ4v) is 1.46. The quantitative estimate of drug-likeness (QED) is 0.629. The van der Waals surface area contributed by atoms with E-state index in [0.717, 1.165) is 0 Å². The number of aromatic nitrogens is 3. The third kappa shape index (κ3) is 1.67. The molecule has 0 atom stereocenters. The Morgan fingerprint density at radius 2 is 2.44 bits per heavy atom. The lowest BCUT2D eigenvalue weighted by Gasteiger charge is -1.99. The largest absolute Gasteiger partial charge is 0.462 e. The standard InChI is InChI=1S/C9H9ClN4O2/c1-2-16-9(15)6-7(11)13-14-4-3-5(10)12-8(6)14/h3-4H,2H2,1H3,(H2,11,13). The van der Waals surface area contributed by atoms with Crippen LogP contribution in [-0.4, -0.2) is 27.2 Å². The van der Waals surface area contributed by atoms with E-state index in [0.29, 0.717) is 5.65 Å². The Kier molecular flexibility index (Phi) is 2.66. The molecular weight excluding hydrogens is 232 g/mol. The molecule has 0 aliphatic heterocycles. The highest BCUT2D eigenvalue weighted by Gasteiger charge is 2.20. The number of halogens is 1. The molecule has 0 radical (unpaired) electrons. The number of nitrogens with zero attached hydrogens (tertiary/aromatic N) is 3. The number of fused-ring (bicyclic) bond motifs is 1. The number of anilines is 1. The summed E-state index contributed by atoms with van der Waals surface area (Å²) in [6.45, 7) is 1.97. The van der Waals surface area contributed by atoms with Crippen molar-refractivity contribution < 1.29 is 9.53 Å². The molecule has 2 heterocycles. The van der Waals surface area contributed by atoms with Crippen molar-refractivity contribution in [1.29, 1.82) is 0 Å². The first-order valence-electron chi connectivity index (χ1n) is 4.61. The summed E-state index contributed by atoms with van der Waals surface area (Å²) in [7, 11) is 0. The number of esters is 1. The zero-order chi connectivity index (χ0) is 11.7. The molecule has 0 fully saturated rings. The predicted molar refractivity (Wildman–Crippen MR) is 58.4 cm³/mol. The smallest absolute Gasteiger partial charge is 0.345 e. The van der Waals surface area contributed by atoms with Gasteiger partial charge in [-0.15, -0.1) is 5.10 Å². The number of hydrogen-bond acceptors (Lipinski definition) is 5. The lowest BCUT2D eigenvalue weighted by molar-refractivity contribution is 0.0529. The third-order valence-corrected chi connectivity index (χ3v) is 2.17. The van der Waals surface area contributed by atoms with Crippen molar-refractivity contribution in [2.24, 2.45) is 0 Å². The fourth-order valence-electron chi connectivity index (χ4n) is 1.32. The monoisotopic (exact) mass is 240 g/mol. The molecule has 0 aromatic carbocycles. The topological polar surface area (TPSA) is 82.5 Å². The number of carbonyl (C=O) groups excluding carboxylic acids is 1. The Balaban J connectivity index is 2.62. The molecule has 0 saturated heterocycles. The highest BCUT2D eigenvalue weighted by molar-refractivity contribution is 6.29. The van der Waals surface area contributed by atoms with Gasteiger partial charge < -0.3 is 10.5 Å². The van der Waals surface area contributed by atoms with Gasteiger partial charge in [-0.3, -0.25) is 0 Å². The molecule has 0 aliphatic carbocycles. The molecule has 6 nitrogen and oxygen atoms in total. The summed E-state index contributed by atoms with van der Waals surface area (Å²) >= 11 is 5.74. The van der Waals surface area contributed by atoms with E-state index in [4.69, 9.17) is 22.1 Å². The Morgan fingerprint density at radius 3 is 3.12 bits per heavy atom. The van der Waals surface area contributed by atoms with Crippen LogP contribution in [0, 0.1) is 0 Å². The summed E-state index contributed by atoms with van der Waals surface area (Å²) in [6, 6.07) is 1.55. The number of nitrogens with two attached hydrogens (primary N) is 1. The van der Waals surface area contributed by atoms with Crippen LogP contribution in [0.4, 0.5) is 5.82 Å². The lowest BCUT2D eigenvalue weighted by atomic mass is 10.3. The van der Waals surface area contributed by atoms with Crippen molar-refractivity contribution >= 4 is 29.0 Å². The maximum absolute atomic E-state index is 11.6. The summed E-state index contributed by atoms with van der Waals surface area (Å²) in [6.07, 6.45) is 1.57. The van der Waals surface area contributed by atoms with Crippen LogP contribution in [-0.2, 0) is 4.74 Å². The predicted octanol–water partition coefficient (Wildman–Crippen LogP) is 1.14. The second kappa shape index (κ2) is 3.97. The van der Waals surface area contributed by atoms with Gasteiger partial charge in [0, 0.05) is 6.20 Å². The lowest BCUT2D eigenvalue weighted by Crippen LogP contribution is -2.07. The maximum Gasteiger partial charge on any atom is 0.345 e. The van der Waals surface area contributed by atoms with Crippen molar-refractivity contribution in [3.8, 4) is 0 Å². The van der Waals surface area contributed by atoms with Crippen molar-refractivity contribution in [3.63, 3.8) is 0 Å². The van der Waals surface area contributed by atoms with E-state index < -0.39 is 5.97 Å². The molecule has 0 aliphatic rings. The molecule has 0 saturated carbocycles. The van der Waals surface area contributed by atoms with Gasteiger partial charge in [0.2, 0.25) is 0 Å². The Labute approximate surface area is 96.0 Å². The third-order valence-electron chi connectivity index (χ3n) is 1.96. The number of rotatable bonds is 2. The van der Waals surface area contributed by atoms with Crippen LogP contribution in [0.1, 0.15) is 17.3 Å². The zero-order valence-electron chi connectivity index (χ0n) is 8.48. The molecular formula is C9H9ClN4O2. The Hall–Kier alpha value is -1.82. The van der Waals surface area contributed by atoms with Crippen LogP contribution >= 0.6 is 11.6 Å². The Morgan fingerprint density at radius 1 is 1.69 bits per heavy atom. The van der Waals surface area contributed by atoms with Crippen molar-refractivity contribution in [2.75, 3.05) is 12.3 Å². The molecule has 84 valence electrons. The van der Waals surface area contributed by atoms with Crippen molar-refractivity contribution in [2.45, 2.75) is 6.92 Å². The molecule has 2 aromatic rings. The average molecular weight is 241 g/mol. The first-order chi connectivity index (χ1) is 7.63. The van der Waals surface area contributed by atoms with Gasteiger partial charge in [-0.2, -0.15) is 0 Å². The summed E-state index contributed by atoms with van der Waals surface area (Å²) in [5.41, 5.74) is 6.06. The summed E-state index contributed by atoms with van der Waals surface area (Å²) < 4.78 is 6.24. The first-order valence-corrected chi connectivity index (χ1v) is 4.98. The van der Waals surface area contributed by atoms with Gasteiger partial charge >= 0.3 is 5.97 Å². The van der Waals surface area contributed by atoms with E-state index in [1.807, 2.05) is 0 Å². The zero-order valence-corrected chi connectivity index (χ0v) is 9.23. The molecule has 0 unspecified atom stereocenters. The summed E-state index contributed by atoms with van der Waals surface area (Å²) in [5.74, 6) is -0.474. The molecule has 7 heteroatoms.